The standard InChI is InChI=1S/C58H74F2N8O7.5H2S/c1-11-67-47-18-17-38-31-43(47)44(51(67)42-15-12-22-61-49(42)36(4)74-10)32-57(5,6)34-75-56(73)45-16-13-25-68(63-45)55(72)46(29-37-27-40(38)30-41(28-37)52(59)60)62-53(70)50(35(2)3)64(9)54(71)39-20-26-65(33-39)48(69)19-21-58(7,8)66-23-14-24-66;;;;;/h12,15,17-18,22,27-28,30-31,35-36,39,45-46,50,52,63H,11,13-14,16,20,23-26,29,32-34H2,1-10H3,(H,62,70);5*1H2/t36-,39-,45-,46-,50-;;;;;/m0...../s1. The third-order valence-corrected chi connectivity index (χ3v) is 15.6. The lowest BCUT2D eigenvalue weighted by Gasteiger charge is -2.41. The minimum absolute atomic E-state index is 0. The molecule has 6 bridgehead atoms. The number of carbonyl (C=O) groups is 5. The average molecular weight is 1200 g/mol. The van der Waals surface area contributed by atoms with E-state index >= 15 is 8.78 Å². The molecule has 80 heavy (non-hydrogen) atoms. The van der Waals surface area contributed by atoms with Gasteiger partial charge in [-0.05, 0) is 124 Å². The Hall–Kier alpha value is -4.47. The minimum Gasteiger partial charge on any atom is -0.464 e. The number of hydrogen-bond donors (Lipinski definition) is 2. The molecule has 3 saturated heterocycles. The summed E-state index contributed by atoms with van der Waals surface area (Å²) in [5.74, 6) is 2.51. The molecule has 0 saturated carbocycles. The van der Waals surface area contributed by atoms with E-state index in [4.69, 9.17) is 14.5 Å². The Morgan fingerprint density at radius 3 is 2.31 bits per heavy atom. The Labute approximate surface area is 506 Å². The van der Waals surface area contributed by atoms with Crippen LogP contribution in [0.1, 0.15) is 116 Å². The van der Waals surface area contributed by atoms with E-state index in [-0.39, 0.29) is 117 Å². The second-order valence-electron chi connectivity index (χ2n) is 22.4. The van der Waals surface area contributed by atoms with Crippen molar-refractivity contribution in [1.82, 2.24) is 40.0 Å². The number of esters is 1. The van der Waals surface area contributed by atoms with Crippen LogP contribution in [-0.4, -0.2) is 136 Å². The number of amides is 4. The van der Waals surface area contributed by atoms with Crippen molar-refractivity contribution in [1.29, 1.82) is 0 Å². The quantitative estimate of drug-likeness (QED) is 0.111. The molecule has 3 fully saturated rings. The van der Waals surface area contributed by atoms with Crippen LogP contribution in [0.4, 0.5) is 8.78 Å². The number of likely N-dealkylation sites (N-methyl/N-ethyl adjacent to an activating group) is 1. The molecule has 0 radical (unpaired) electrons. The molecule has 2 aromatic heterocycles. The summed E-state index contributed by atoms with van der Waals surface area (Å²) in [6, 6.07) is 11.2. The summed E-state index contributed by atoms with van der Waals surface area (Å²) >= 11 is 0. The number of ether oxygens (including phenoxy) is 2. The lowest BCUT2D eigenvalue weighted by molar-refractivity contribution is -0.155. The van der Waals surface area contributed by atoms with Crippen LogP contribution >= 0.6 is 67.5 Å². The van der Waals surface area contributed by atoms with Gasteiger partial charge in [0.05, 0.1) is 35.6 Å². The highest BCUT2D eigenvalue weighted by atomic mass is 32.1. The van der Waals surface area contributed by atoms with Gasteiger partial charge in [-0.15, -0.1) is 0 Å². The highest BCUT2D eigenvalue weighted by Gasteiger charge is 2.41. The van der Waals surface area contributed by atoms with E-state index in [1.807, 2.05) is 65.0 Å². The van der Waals surface area contributed by atoms with Gasteiger partial charge in [0.2, 0.25) is 11.8 Å². The fourth-order valence-electron chi connectivity index (χ4n) is 11.2. The van der Waals surface area contributed by atoms with Crippen molar-refractivity contribution >= 4 is 108 Å². The SMILES string of the molecule is CCn1c(-c2cccnc2[C@H](C)OC)c2c3cc(ccc31)-c1cc(cc(C(F)F)c1)C[C@H](NC(=O)[C@H](C(C)C)N(C)C(=O)[C@H]1CCN(C(=O)C#CC(C)(C)N3CCC3)C1)C(=O)N1CCC[C@H](N1)C(=O)OCC(C)(C)C2.S.S.S.S.S. The lowest BCUT2D eigenvalue weighted by Crippen LogP contribution is -2.62. The molecular weight excluding hydrogens is 1120 g/mol. The van der Waals surface area contributed by atoms with Gasteiger partial charge in [-0.25, -0.2) is 14.2 Å². The molecule has 6 heterocycles. The number of aryl methyl sites for hydroxylation is 1. The molecule has 15 nitrogen and oxygen atoms in total. The van der Waals surface area contributed by atoms with Crippen molar-refractivity contribution in [2.75, 3.05) is 53.5 Å². The van der Waals surface area contributed by atoms with Crippen LogP contribution in [0.15, 0.2) is 54.7 Å². The summed E-state index contributed by atoms with van der Waals surface area (Å²) in [5.41, 5.74) is 7.77. The maximum Gasteiger partial charge on any atom is 0.324 e. The molecule has 4 amide bonds. The van der Waals surface area contributed by atoms with Crippen LogP contribution in [0.25, 0.3) is 33.3 Å². The van der Waals surface area contributed by atoms with Crippen LogP contribution in [0.3, 0.4) is 0 Å². The molecule has 5 atom stereocenters. The van der Waals surface area contributed by atoms with Crippen molar-refractivity contribution in [3.05, 3.63) is 77.1 Å². The number of fused-ring (bicyclic) bond motifs is 6. The van der Waals surface area contributed by atoms with E-state index in [9.17, 15) is 24.0 Å². The van der Waals surface area contributed by atoms with Gasteiger partial charge < -0.3 is 29.2 Å². The van der Waals surface area contributed by atoms with Crippen molar-refractivity contribution < 1.29 is 42.2 Å². The molecule has 4 aliphatic heterocycles. The smallest absolute Gasteiger partial charge is 0.324 e. The first-order chi connectivity index (χ1) is 35.6. The summed E-state index contributed by atoms with van der Waals surface area (Å²) in [4.78, 5) is 81.2. The van der Waals surface area contributed by atoms with E-state index in [0.717, 1.165) is 52.9 Å². The highest BCUT2D eigenvalue weighted by molar-refractivity contribution is 7.60. The van der Waals surface area contributed by atoms with Gasteiger partial charge in [-0.3, -0.25) is 38.9 Å². The molecule has 2 N–H and O–H groups in total. The number of hydrazine groups is 1. The minimum atomic E-state index is -2.86. The van der Waals surface area contributed by atoms with Crippen LogP contribution in [-0.2, 0) is 52.8 Å². The Balaban J connectivity index is 0.00000336. The third-order valence-electron chi connectivity index (χ3n) is 15.6. The van der Waals surface area contributed by atoms with Crippen molar-refractivity contribution in [2.24, 2.45) is 17.3 Å². The number of methoxy groups -OCH3 is 1. The van der Waals surface area contributed by atoms with Crippen molar-refractivity contribution in [2.45, 2.75) is 137 Å². The molecule has 4 aromatic rings. The number of nitrogens with one attached hydrogen (secondary N) is 2. The number of alkyl halides is 2. The zero-order valence-electron chi connectivity index (χ0n) is 47.7. The van der Waals surface area contributed by atoms with Gasteiger partial charge in [-0.2, -0.15) is 67.5 Å². The van der Waals surface area contributed by atoms with Crippen molar-refractivity contribution in [3.8, 4) is 34.2 Å². The second kappa shape index (κ2) is 29.2. The molecule has 0 aliphatic carbocycles. The monoisotopic (exact) mass is 1200 g/mol. The van der Waals surface area contributed by atoms with Gasteiger partial charge in [0, 0.05) is 93.5 Å². The summed E-state index contributed by atoms with van der Waals surface area (Å²) in [6.45, 7) is 18.9. The Bertz CT molecular complexity index is 2910. The van der Waals surface area contributed by atoms with E-state index in [2.05, 4.69) is 39.0 Å². The van der Waals surface area contributed by atoms with Crippen LogP contribution < -0.4 is 10.7 Å². The number of aromatic nitrogens is 2. The van der Waals surface area contributed by atoms with Gasteiger partial charge in [-0.1, -0.05) is 51.8 Å². The number of hydrogen-bond acceptors (Lipinski definition) is 10. The topological polar surface area (TPSA) is 159 Å². The number of halogens is 2. The number of rotatable bonds is 11. The number of pyridine rings is 1. The Morgan fingerprint density at radius 2 is 1.68 bits per heavy atom. The largest absolute Gasteiger partial charge is 0.464 e. The first-order valence-corrected chi connectivity index (χ1v) is 26.5. The number of benzene rings is 2. The van der Waals surface area contributed by atoms with E-state index < -0.39 is 65.1 Å². The molecule has 2 aromatic carbocycles. The predicted octanol–water partition coefficient (Wildman–Crippen LogP) is 8.07. The first kappa shape index (κ1) is 69.8. The second-order valence-corrected chi connectivity index (χ2v) is 22.4. The van der Waals surface area contributed by atoms with Crippen LogP contribution in [0, 0.1) is 29.1 Å². The maximum atomic E-state index is 15.1. The molecule has 0 spiro atoms. The lowest BCUT2D eigenvalue weighted by atomic mass is 9.84. The van der Waals surface area contributed by atoms with Gasteiger partial charge in [0.1, 0.15) is 18.1 Å². The van der Waals surface area contributed by atoms with Crippen LogP contribution in [0.5, 0.6) is 0 Å². The fourth-order valence-corrected chi connectivity index (χ4v) is 11.2. The zero-order valence-corrected chi connectivity index (χ0v) is 52.7. The van der Waals surface area contributed by atoms with Gasteiger partial charge in [0.15, 0.2) is 0 Å². The summed E-state index contributed by atoms with van der Waals surface area (Å²) in [6.07, 6.45) is 1.13. The van der Waals surface area contributed by atoms with Gasteiger partial charge >= 0.3 is 5.97 Å². The average Bonchev–Trinajstić information content (AvgIpc) is 3.98. The summed E-state index contributed by atoms with van der Waals surface area (Å²) < 4.78 is 44.3. The molecular formula is C58H84F2N8O7S5. The number of cyclic esters (lactones) is 1. The highest BCUT2D eigenvalue weighted by Crippen LogP contribution is 2.42. The van der Waals surface area contributed by atoms with Gasteiger partial charge in [0.25, 0.3) is 18.2 Å². The summed E-state index contributed by atoms with van der Waals surface area (Å²) in [5, 5.41) is 5.16. The predicted molar refractivity (Wildman–Crippen MR) is 335 cm³/mol. The molecule has 8 rings (SSSR count). The Kier molecular flexibility index (Phi) is 25.5. The van der Waals surface area contributed by atoms with Crippen molar-refractivity contribution in [3.63, 3.8) is 0 Å². The Morgan fingerprint density at radius 1 is 0.963 bits per heavy atom. The first-order valence-electron chi connectivity index (χ1n) is 26.5. The summed E-state index contributed by atoms with van der Waals surface area (Å²) in [7, 11) is 3.19. The fraction of sp³-hybridized carbons (Fsp3) is 0.552. The van der Waals surface area contributed by atoms with E-state index in [0.29, 0.717) is 55.5 Å². The number of likely N-dealkylation sites (tertiary alicyclic amines) is 2. The number of carbonyl (C=O) groups excluding carboxylic acids is 5. The molecule has 4 aliphatic rings. The molecule has 442 valence electrons. The van der Waals surface area contributed by atoms with Crippen LogP contribution in [0.2, 0.25) is 0 Å². The zero-order chi connectivity index (χ0) is 54.1. The third kappa shape index (κ3) is 15.2. The van der Waals surface area contributed by atoms with E-state index in [1.54, 1.807) is 45.2 Å². The molecule has 0 unspecified atom stereocenters. The van der Waals surface area contributed by atoms with E-state index in [1.165, 1.54) is 22.0 Å². The maximum absolute atomic E-state index is 15.1. The normalized spacial score (nSPS) is 19.9. The number of nitrogens with zero attached hydrogens (tertiary/aromatic N) is 6. The molecule has 22 heteroatoms.